The van der Waals surface area contributed by atoms with Gasteiger partial charge in [-0.25, -0.2) is 4.39 Å². The number of nitrogens with zero attached hydrogens (tertiary/aromatic N) is 1. The first-order valence-corrected chi connectivity index (χ1v) is 11.4. The Morgan fingerprint density at radius 3 is 2.55 bits per heavy atom. The lowest BCUT2D eigenvalue weighted by atomic mass is 10.1. The van der Waals surface area contributed by atoms with Gasteiger partial charge in [-0.1, -0.05) is 24.0 Å². The van der Waals surface area contributed by atoms with Gasteiger partial charge in [0.05, 0.1) is 18.6 Å². The summed E-state index contributed by atoms with van der Waals surface area (Å²) >= 11 is 0. The Hall–Kier alpha value is -2.96. The number of nitrogens with one attached hydrogen (secondary N) is 3. The summed E-state index contributed by atoms with van der Waals surface area (Å²) in [6, 6.07) is 6.03. The molecule has 1 aliphatic carbocycles. The summed E-state index contributed by atoms with van der Waals surface area (Å²) in [5.74, 6) is 5.25. The Morgan fingerprint density at radius 2 is 1.91 bits per heavy atom. The number of carboxylic acids is 1. The molecular weight excluding hydrogens is 427 g/mol. The molecule has 176 valence electrons. The Balaban J connectivity index is 1.31. The lowest BCUT2D eigenvalue weighted by Crippen LogP contribution is -2.46. The van der Waals surface area contributed by atoms with Gasteiger partial charge < -0.3 is 21.1 Å². The van der Waals surface area contributed by atoms with E-state index < -0.39 is 24.2 Å². The summed E-state index contributed by atoms with van der Waals surface area (Å²) in [6.45, 7) is 0.407. The lowest BCUT2D eigenvalue weighted by Gasteiger charge is -2.21. The van der Waals surface area contributed by atoms with Crippen molar-refractivity contribution in [1.29, 1.82) is 0 Å². The van der Waals surface area contributed by atoms with Crippen molar-refractivity contribution in [1.82, 2.24) is 20.9 Å². The van der Waals surface area contributed by atoms with Gasteiger partial charge in [0.25, 0.3) is 0 Å². The van der Waals surface area contributed by atoms with Crippen LogP contribution >= 0.6 is 0 Å². The van der Waals surface area contributed by atoms with Crippen molar-refractivity contribution < 1.29 is 23.9 Å². The monoisotopic (exact) mass is 456 g/mol. The van der Waals surface area contributed by atoms with Crippen LogP contribution in [0.15, 0.2) is 24.3 Å². The van der Waals surface area contributed by atoms with Gasteiger partial charge in [0, 0.05) is 43.6 Å². The molecule has 0 spiro atoms. The van der Waals surface area contributed by atoms with E-state index in [0.29, 0.717) is 18.9 Å². The highest BCUT2D eigenvalue weighted by Crippen LogP contribution is 2.27. The van der Waals surface area contributed by atoms with E-state index in [-0.39, 0.29) is 43.9 Å². The predicted molar refractivity (Wildman–Crippen MR) is 119 cm³/mol. The van der Waals surface area contributed by atoms with Crippen molar-refractivity contribution in [2.45, 2.75) is 56.5 Å². The Morgan fingerprint density at radius 1 is 1.15 bits per heavy atom. The molecule has 4 atom stereocenters. The van der Waals surface area contributed by atoms with Crippen LogP contribution in [0.1, 0.15) is 36.8 Å². The number of hydrogen-bond donors (Lipinski definition) is 4. The van der Waals surface area contributed by atoms with Gasteiger partial charge in [-0.15, -0.1) is 0 Å². The Kier molecular flexibility index (Phi) is 7.26. The van der Waals surface area contributed by atoms with Crippen LogP contribution in [0.25, 0.3) is 0 Å². The zero-order valence-electron chi connectivity index (χ0n) is 18.4. The standard InChI is InChI=1S/C24H29FN4O4/c25-18-9-20(26-12-18)23(32)28-19-10-21(29(13-19)14-22(30)31)24(33)27-11-17-7-5-16(6-8-17)4-3-15-1-2-15/h5-8,15,18-21,26H,1-2,9-14H2,(H,27,33)(H,28,32)(H,30,31)/t18-,19+,20-,21+/m0/s1. The van der Waals surface area contributed by atoms with Crippen LogP contribution in [0.3, 0.4) is 0 Å². The fourth-order valence-corrected chi connectivity index (χ4v) is 4.25. The number of alkyl halides is 1. The van der Waals surface area contributed by atoms with Crippen LogP contribution in [-0.2, 0) is 20.9 Å². The summed E-state index contributed by atoms with van der Waals surface area (Å²) in [4.78, 5) is 38.1. The number of rotatable bonds is 7. The van der Waals surface area contributed by atoms with Crippen molar-refractivity contribution in [2.75, 3.05) is 19.6 Å². The molecule has 1 saturated carbocycles. The average molecular weight is 457 g/mol. The van der Waals surface area contributed by atoms with Gasteiger partial charge in [0.1, 0.15) is 6.17 Å². The van der Waals surface area contributed by atoms with Gasteiger partial charge in [0.15, 0.2) is 0 Å². The highest BCUT2D eigenvalue weighted by Gasteiger charge is 2.39. The molecule has 0 radical (unpaired) electrons. The van der Waals surface area contributed by atoms with Crippen LogP contribution < -0.4 is 16.0 Å². The number of amides is 2. The first-order chi connectivity index (χ1) is 15.9. The number of benzene rings is 1. The third kappa shape index (κ3) is 6.53. The molecule has 2 amide bonds. The lowest BCUT2D eigenvalue weighted by molar-refractivity contribution is -0.139. The largest absolute Gasteiger partial charge is 0.480 e. The third-order valence-electron chi connectivity index (χ3n) is 6.20. The molecule has 1 aromatic rings. The van der Waals surface area contributed by atoms with E-state index in [2.05, 4.69) is 27.8 Å². The van der Waals surface area contributed by atoms with Crippen LogP contribution in [-0.4, -0.2) is 71.7 Å². The number of likely N-dealkylation sites (tertiary alicyclic amines) is 1. The van der Waals surface area contributed by atoms with E-state index in [1.54, 1.807) is 4.90 Å². The van der Waals surface area contributed by atoms with Gasteiger partial charge >= 0.3 is 5.97 Å². The second-order valence-corrected chi connectivity index (χ2v) is 9.03. The number of carboxylic acid groups (broad SMARTS) is 1. The zero-order valence-corrected chi connectivity index (χ0v) is 18.4. The van der Waals surface area contributed by atoms with E-state index >= 15 is 0 Å². The van der Waals surface area contributed by atoms with Gasteiger partial charge in [0.2, 0.25) is 11.8 Å². The maximum Gasteiger partial charge on any atom is 0.317 e. The van der Waals surface area contributed by atoms with E-state index in [9.17, 15) is 23.9 Å². The normalized spacial score (nSPS) is 26.9. The molecule has 2 heterocycles. The number of carbonyl (C=O) groups is 3. The molecule has 0 unspecified atom stereocenters. The predicted octanol–water partition coefficient (Wildman–Crippen LogP) is 0.408. The molecule has 33 heavy (non-hydrogen) atoms. The second kappa shape index (κ2) is 10.3. The first kappa shape index (κ1) is 23.2. The van der Waals surface area contributed by atoms with Gasteiger partial charge in [-0.3, -0.25) is 19.3 Å². The summed E-state index contributed by atoms with van der Waals surface area (Å²) < 4.78 is 13.4. The van der Waals surface area contributed by atoms with Crippen molar-refractivity contribution in [3.63, 3.8) is 0 Å². The molecule has 4 rings (SSSR count). The SMILES string of the molecule is O=C(O)CN1C[C@H](NC(=O)[C@@H]2C[C@H](F)CN2)C[C@@H]1C(=O)NCc1ccc(C#CC2CC2)cc1. The summed E-state index contributed by atoms with van der Waals surface area (Å²) in [5.41, 5.74) is 1.86. The molecule has 4 N–H and O–H groups in total. The van der Waals surface area contributed by atoms with Crippen LogP contribution in [0.4, 0.5) is 4.39 Å². The third-order valence-corrected chi connectivity index (χ3v) is 6.20. The number of carbonyl (C=O) groups excluding carboxylic acids is 2. The molecular formula is C24H29FN4O4. The van der Waals surface area contributed by atoms with E-state index in [1.165, 1.54) is 12.8 Å². The fraction of sp³-hybridized carbons (Fsp3) is 0.542. The molecule has 0 bridgehead atoms. The van der Waals surface area contributed by atoms with E-state index in [4.69, 9.17) is 0 Å². The van der Waals surface area contributed by atoms with E-state index in [1.807, 2.05) is 24.3 Å². The Labute approximate surface area is 192 Å². The average Bonchev–Trinajstić information content (AvgIpc) is 3.39. The van der Waals surface area contributed by atoms with Gasteiger partial charge in [-0.2, -0.15) is 0 Å². The molecule has 8 nitrogen and oxygen atoms in total. The minimum absolute atomic E-state index is 0.117. The topological polar surface area (TPSA) is 111 Å². The number of hydrogen-bond acceptors (Lipinski definition) is 5. The Bertz CT molecular complexity index is 953. The molecule has 1 aromatic carbocycles. The first-order valence-electron chi connectivity index (χ1n) is 11.4. The fourth-order valence-electron chi connectivity index (χ4n) is 4.25. The van der Waals surface area contributed by atoms with Crippen molar-refractivity contribution in [3.8, 4) is 11.8 Å². The van der Waals surface area contributed by atoms with E-state index in [0.717, 1.165) is 11.1 Å². The van der Waals surface area contributed by atoms with Gasteiger partial charge in [-0.05, 0) is 37.0 Å². The van der Waals surface area contributed by atoms with Crippen LogP contribution in [0, 0.1) is 17.8 Å². The number of aliphatic carboxylic acids is 1. The molecule has 2 saturated heterocycles. The molecule has 0 aromatic heterocycles. The maximum absolute atomic E-state index is 13.4. The molecule has 3 fully saturated rings. The molecule has 9 heteroatoms. The molecule has 3 aliphatic rings. The highest BCUT2D eigenvalue weighted by molar-refractivity contribution is 5.84. The molecule has 2 aliphatic heterocycles. The van der Waals surface area contributed by atoms with Crippen molar-refractivity contribution >= 4 is 17.8 Å². The maximum atomic E-state index is 13.4. The summed E-state index contributed by atoms with van der Waals surface area (Å²) in [7, 11) is 0. The quantitative estimate of drug-likeness (QED) is 0.443. The van der Waals surface area contributed by atoms with Crippen molar-refractivity contribution in [2.24, 2.45) is 5.92 Å². The van der Waals surface area contributed by atoms with Crippen LogP contribution in [0.2, 0.25) is 0 Å². The smallest absolute Gasteiger partial charge is 0.317 e. The second-order valence-electron chi connectivity index (χ2n) is 9.03. The summed E-state index contributed by atoms with van der Waals surface area (Å²) in [5, 5.41) is 17.8. The highest BCUT2D eigenvalue weighted by atomic mass is 19.1. The summed E-state index contributed by atoms with van der Waals surface area (Å²) in [6.07, 6.45) is 1.72. The minimum atomic E-state index is -1.05. The van der Waals surface area contributed by atoms with Crippen LogP contribution in [0.5, 0.6) is 0 Å². The zero-order chi connectivity index (χ0) is 23.4. The number of halogens is 1. The minimum Gasteiger partial charge on any atom is -0.480 e. The van der Waals surface area contributed by atoms with Crippen molar-refractivity contribution in [3.05, 3.63) is 35.4 Å².